The Balaban J connectivity index is 2.49. The molecule has 1 aromatic heterocycles. The van der Waals surface area contributed by atoms with E-state index in [9.17, 15) is 8.78 Å². The van der Waals surface area contributed by atoms with Gasteiger partial charge in [-0.3, -0.25) is 4.68 Å². The summed E-state index contributed by atoms with van der Waals surface area (Å²) >= 11 is 0. The summed E-state index contributed by atoms with van der Waals surface area (Å²) in [7, 11) is 1.64. The molecule has 72 valence electrons. The van der Waals surface area contributed by atoms with E-state index >= 15 is 0 Å². The maximum Gasteiger partial charge on any atom is 0.240 e. The number of nitrogens with zero attached hydrogens (tertiary/aromatic N) is 2. The summed E-state index contributed by atoms with van der Waals surface area (Å²) in [5, 5.41) is 3.57. The highest BCUT2D eigenvalue weighted by Crippen LogP contribution is 2.21. The van der Waals surface area contributed by atoms with Crippen molar-refractivity contribution >= 4 is 0 Å². The first-order valence-corrected chi connectivity index (χ1v) is 4.12. The van der Waals surface area contributed by atoms with Gasteiger partial charge in [-0.2, -0.15) is 4.39 Å². The molecule has 0 bridgehead atoms. The van der Waals surface area contributed by atoms with Crippen molar-refractivity contribution in [2.24, 2.45) is 7.05 Å². The molecule has 0 unspecified atom stereocenters. The van der Waals surface area contributed by atoms with Crippen molar-refractivity contribution in [3.63, 3.8) is 0 Å². The van der Waals surface area contributed by atoms with E-state index in [1.165, 1.54) is 28.9 Å². The van der Waals surface area contributed by atoms with Crippen LogP contribution in [-0.2, 0) is 7.05 Å². The molecule has 2 nitrogen and oxygen atoms in total. The maximum atomic E-state index is 13.2. The number of aryl methyl sites for hydroxylation is 1. The molecule has 0 aliphatic rings. The van der Waals surface area contributed by atoms with Crippen LogP contribution in [0.4, 0.5) is 8.78 Å². The zero-order valence-electron chi connectivity index (χ0n) is 7.54. The Hall–Kier alpha value is -1.71. The van der Waals surface area contributed by atoms with Gasteiger partial charge in [-0.15, -0.1) is 5.10 Å². The minimum atomic E-state index is -0.542. The van der Waals surface area contributed by atoms with Crippen LogP contribution in [0.1, 0.15) is 0 Å². The van der Waals surface area contributed by atoms with Crippen LogP contribution in [0.2, 0.25) is 0 Å². The number of rotatable bonds is 1. The van der Waals surface area contributed by atoms with E-state index < -0.39 is 5.95 Å². The second kappa shape index (κ2) is 3.21. The number of benzene rings is 1. The number of halogens is 2. The van der Waals surface area contributed by atoms with E-state index in [0.29, 0.717) is 11.1 Å². The summed E-state index contributed by atoms with van der Waals surface area (Å²) in [5.41, 5.74) is 1.00. The van der Waals surface area contributed by atoms with Crippen LogP contribution >= 0.6 is 0 Å². The SMILES string of the molecule is Cn1cc(-c2ccc(F)cc2)c(F)n1. The predicted molar refractivity (Wildman–Crippen MR) is 48.6 cm³/mol. The van der Waals surface area contributed by atoms with Crippen molar-refractivity contribution in [2.75, 3.05) is 0 Å². The third-order valence-electron chi connectivity index (χ3n) is 1.94. The largest absolute Gasteiger partial charge is 0.272 e. The molecule has 2 aromatic rings. The molecule has 2 rings (SSSR count). The van der Waals surface area contributed by atoms with Gasteiger partial charge in [0, 0.05) is 13.2 Å². The van der Waals surface area contributed by atoms with Crippen molar-refractivity contribution in [2.45, 2.75) is 0 Å². The van der Waals surface area contributed by atoms with Crippen molar-refractivity contribution in [1.82, 2.24) is 9.78 Å². The smallest absolute Gasteiger partial charge is 0.240 e. The van der Waals surface area contributed by atoms with Crippen molar-refractivity contribution in [1.29, 1.82) is 0 Å². The second-order valence-electron chi connectivity index (χ2n) is 3.01. The fraction of sp³-hybridized carbons (Fsp3) is 0.100. The van der Waals surface area contributed by atoms with E-state index in [1.807, 2.05) is 0 Å². The molecule has 4 heteroatoms. The van der Waals surface area contributed by atoms with Crippen LogP contribution < -0.4 is 0 Å². The third-order valence-corrected chi connectivity index (χ3v) is 1.94. The first kappa shape index (κ1) is 8.87. The van der Waals surface area contributed by atoms with Crippen LogP contribution in [0.25, 0.3) is 11.1 Å². The Morgan fingerprint density at radius 1 is 1.14 bits per heavy atom. The van der Waals surface area contributed by atoms with E-state index in [0.717, 1.165) is 0 Å². The number of aromatic nitrogens is 2. The van der Waals surface area contributed by atoms with Crippen LogP contribution in [0.5, 0.6) is 0 Å². The average molecular weight is 194 g/mol. The molecule has 0 saturated carbocycles. The highest BCUT2D eigenvalue weighted by molar-refractivity contribution is 5.62. The standard InChI is InChI=1S/C10H8F2N2/c1-14-6-9(10(12)13-14)7-2-4-8(11)5-3-7/h2-6H,1H3. The molecule has 0 spiro atoms. The number of hydrogen-bond acceptors (Lipinski definition) is 1. The molecule has 0 fully saturated rings. The summed E-state index contributed by atoms with van der Waals surface area (Å²) in [5.74, 6) is -0.878. The van der Waals surface area contributed by atoms with Gasteiger partial charge in [0.2, 0.25) is 5.95 Å². The van der Waals surface area contributed by atoms with E-state index in [4.69, 9.17) is 0 Å². The van der Waals surface area contributed by atoms with Crippen molar-refractivity contribution < 1.29 is 8.78 Å². The van der Waals surface area contributed by atoms with Gasteiger partial charge in [0.15, 0.2) is 0 Å². The van der Waals surface area contributed by atoms with E-state index in [2.05, 4.69) is 5.10 Å². The topological polar surface area (TPSA) is 17.8 Å². The zero-order valence-corrected chi connectivity index (χ0v) is 7.54. The summed E-state index contributed by atoms with van der Waals surface area (Å²) < 4.78 is 27.1. The minimum absolute atomic E-state index is 0.335. The highest BCUT2D eigenvalue weighted by Gasteiger charge is 2.08. The fourth-order valence-corrected chi connectivity index (χ4v) is 1.28. The van der Waals surface area contributed by atoms with Gasteiger partial charge < -0.3 is 0 Å². The van der Waals surface area contributed by atoms with Crippen LogP contribution in [0.15, 0.2) is 30.5 Å². The monoisotopic (exact) mass is 194 g/mol. The Labute approximate surface area is 79.8 Å². The molecule has 0 aliphatic carbocycles. The summed E-state index contributed by atoms with van der Waals surface area (Å²) in [6, 6.07) is 5.63. The van der Waals surface area contributed by atoms with Crippen molar-refractivity contribution in [3.05, 3.63) is 42.2 Å². The lowest BCUT2D eigenvalue weighted by Crippen LogP contribution is -1.86. The molecule has 0 atom stereocenters. The Kier molecular flexibility index (Phi) is 2.04. The fourth-order valence-electron chi connectivity index (χ4n) is 1.28. The van der Waals surface area contributed by atoms with Crippen LogP contribution in [0.3, 0.4) is 0 Å². The van der Waals surface area contributed by atoms with Crippen molar-refractivity contribution in [3.8, 4) is 11.1 Å². The molecule has 1 aromatic carbocycles. The molecule has 0 saturated heterocycles. The molecular formula is C10H8F2N2. The van der Waals surface area contributed by atoms with Gasteiger partial charge in [-0.1, -0.05) is 12.1 Å². The molecular weight excluding hydrogens is 186 g/mol. The molecule has 0 aliphatic heterocycles. The predicted octanol–water partition coefficient (Wildman–Crippen LogP) is 2.37. The summed E-state index contributed by atoms with van der Waals surface area (Å²) in [4.78, 5) is 0. The first-order chi connectivity index (χ1) is 6.66. The molecule has 14 heavy (non-hydrogen) atoms. The van der Waals surface area contributed by atoms with Crippen LogP contribution in [-0.4, -0.2) is 9.78 Å². The van der Waals surface area contributed by atoms with Gasteiger partial charge in [0.25, 0.3) is 0 Å². The van der Waals surface area contributed by atoms with Gasteiger partial charge in [-0.25, -0.2) is 4.39 Å². The molecule has 1 heterocycles. The van der Waals surface area contributed by atoms with E-state index in [-0.39, 0.29) is 5.82 Å². The summed E-state index contributed by atoms with van der Waals surface area (Å²) in [6.07, 6.45) is 1.56. The quantitative estimate of drug-likeness (QED) is 0.681. The maximum absolute atomic E-state index is 13.2. The highest BCUT2D eigenvalue weighted by atomic mass is 19.1. The van der Waals surface area contributed by atoms with Gasteiger partial charge in [-0.05, 0) is 17.7 Å². The van der Waals surface area contributed by atoms with Crippen LogP contribution in [0, 0.1) is 11.8 Å². The Morgan fingerprint density at radius 2 is 1.79 bits per heavy atom. The van der Waals surface area contributed by atoms with E-state index in [1.54, 1.807) is 13.2 Å². The van der Waals surface area contributed by atoms with Gasteiger partial charge in [0.05, 0.1) is 5.56 Å². The lowest BCUT2D eigenvalue weighted by atomic mass is 10.1. The lowest BCUT2D eigenvalue weighted by Gasteiger charge is -1.95. The molecule has 0 radical (unpaired) electrons. The van der Waals surface area contributed by atoms with Gasteiger partial charge >= 0.3 is 0 Å². The Morgan fingerprint density at radius 3 is 2.29 bits per heavy atom. The van der Waals surface area contributed by atoms with Gasteiger partial charge in [0.1, 0.15) is 5.82 Å². The zero-order chi connectivity index (χ0) is 10.1. The minimum Gasteiger partial charge on any atom is -0.272 e. The lowest BCUT2D eigenvalue weighted by molar-refractivity contribution is 0.555. The second-order valence-corrected chi connectivity index (χ2v) is 3.01. The first-order valence-electron chi connectivity index (χ1n) is 4.12. The molecule has 0 amide bonds. The molecule has 0 N–H and O–H groups in total. The summed E-state index contributed by atoms with van der Waals surface area (Å²) in [6.45, 7) is 0. The Bertz CT molecular complexity index is 446. The third kappa shape index (κ3) is 1.51. The normalized spacial score (nSPS) is 10.5. The number of hydrogen-bond donors (Lipinski definition) is 0. The average Bonchev–Trinajstić information content (AvgIpc) is 2.47.